The van der Waals surface area contributed by atoms with E-state index in [1.54, 1.807) is 36.4 Å². The Bertz CT molecular complexity index is 2110. The number of morpholine rings is 1. The van der Waals surface area contributed by atoms with Gasteiger partial charge in [0, 0.05) is 40.7 Å². The largest absolute Gasteiger partial charge is 0.477 e. The molecule has 20 heteroatoms. The molecule has 0 unspecified atom stereocenters. The number of ether oxygens (including phenoxy) is 2. The molecule has 1 aromatic heterocycles. The molecule has 5 N–H and O–H groups in total. The Morgan fingerprint density at radius 2 is 1.52 bits per heavy atom. The molecule has 0 atom stereocenters. The standard InChI is InChI=1S/C36H33ClF3N9O7/c37-23-5-3-22(4-6-23)35(13-14-35)48-33-45-32(46-34(47-33)56-20-36(38,39)40)43-25-7-1-21(2-8-25)28(50)44-27(31(53)54)19-41-29(51)30(52)42-24-9-11-26(12-10-24)49-15-17-55-18-16-49/h1-12H,13-20H2,(H,41,51)(H,42,52)(H,53,54)(H2,43,45,46,47,48)/b44-27-. The molecule has 2 fully saturated rings. The predicted octanol–water partition coefficient (Wildman–Crippen LogP) is 4.57. The maximum absolute atomic E-state index is 12.9. The number of rotatable bonds is 13. The van der Waals surface area contributed by atoms with Crippen LogP contribution in [0.3, 0.4) is 0 Å². The van der Waals surface area contributed by atoms with Crippen molar-refractivity contribution in [3.8, 4) is 6.01 Å². The maximum atomic E-state index is 12.9. The summed E-state index contributed by atoms with van der Waals surface area (Å²) < 4.78 is 49.0. The van der Waals surface area contributed by atoms with Gasteiger partial charge >= 0.3 is 30.0 Å². The molecule has 1 aliphatic carbocycles. The van der Waals surface area contributed by atoms with Crippen molar-refractivity contribution >= 4 is 70.0 Å². The quantitative estimate of drug-likeness (QED) is 0.0930. The number of anilines is 5. The molecule has 0 radical (unpaired) electrons. The summed E-state index contributed by atoms with van der Waals surface area (Å²) in [5, 5.41) is 20.7. The van der Waals surface area contributed by atoms with Crippen LogP contribution in [0.25, 0.3) is 0 Å². The Labute approximate surface area is 321 Å². The molecule has 1 saturated heterocycles. The van der Waals surface area contributed by atoms with Gasteiger partial charge in [-0.15, -0.1) is 0 Å². The number of benzene rings is 3. The second-order valence-electron chi connectivity index (χ2n) is 12.5. The lowest BCUT2D eigenvalue weighted by atomic mass is 10.1. The van der Waals surface area contributed by atoms with Gasteiger partial charge in [0.1, 0.15) is 5.71 Å². The van der Waals surface area contributed by atoms with Gasteiger partial charge in [0.2, 0.25) is 11.9 Å². The first-order chi connectivity index (χ1) is 26.7. The minimum atomic E-state index is -4.66. The molecule has 0 bridgehead atoms. The van der Waals surface area contributed by atoms with Crippen LogP contribution >= 0.6 is 11.6 Å². The zero-order chi connectivity index (χ0) is 39.9. The molecule has 3 amide bonds. The van der Waals surface area contributed by atoms with E-state index in [2.05, 4.69) is 46.1 Å². The molecule has 0 spiro atoms. The highest BCUT2D eigenvalue weighted by Gasteiger charge is 2.45. The number of carbonyl (C=O) groups is 4. The molecular formula is C36H33ClF3N9O7. The first-order valence-electron chi connectivity index (χ1n) is 17.0. The molecule has 1 aliphatic heterocycles. The highest BCUT2D eigenvalue weighted by Crippen LogP contribution is 2.48. The fourth-order valence-corrected chi connectivity index (χ4v) is 5.58. The number of nitrogens with one attached hydrogen (secondary N) is 4. The van der Waals surface area contributed by atoms with Gasteiger partial charge in [0.05, 0.1) is 25.3 Å². The smallest absolute Gasteiger partial charge is 0.422 e. The van der Waals surface area contributed by atoms with E-state index in [0.29, 0.717) is 36.8 Å². The minimum Gasteiger partial charge on any atom is -0.477 e. The van der Waals surface area contributed by atoms with E-state index >= 15 is 0 Å². The van der Waals surface area contributed by atoms with E-state index in [1.165, 1.54) is 24.3 Å². The van der Waals surface area contributed by atoms with Crippen molar-refractivity contribution in [3.63, 3.8) is 0 Å². The van der Waals surface area contributed by atoms with Crippen LogP contribution in [0.5, 0.6) is 6.01 Å². The summed E-state index contributed by atoms with van der Waals surface area (Å²) >= 11 is 6.02. The number of carboxylic acid groups (broad SMARTS) is 1. The van der Waals surface area contributed by atoms with Gasteiger partial charge in [-0.1, -0.05) is 23.7 Å². The highest BCUT2D eigenvalue weighted by atomic mass is 35.5. The van der Waals surface area contributed by atoms with Crippen LogP contribution in [-0.2, 0) is 24.7 Å². The number of aliphatic carboxylic acids is 1. The zero-order valence-corrected chi connectivity index (χ0v) is 30.0. The van der Waals surface area contributed by atoms with Crippen molar-refractivity contribution < 1.29 is 46.9 Å². The van der Waals surface area contributed by atoms with E-state index < -0.39 is 60.3 Å². The number of hydrogen-bond acceptors (Lipinski definition) is 12. The molecule has 4 aromatic rings. The molecular weight excluding hydrogens is 763 g/mol. The topological polar surface area (TPSA) is 209 Å². The van der Waals surface area contributed by atoms with Crippen molar-refractivity contribution in [2.24, 2.45) is 4.99 Å². The molecule has 1 saturated carbocycles. The Kier molecular flexibility index (Phi) is 11.9. The molecule has 6 rings (SSSR count). The van der Waals surface area contributed by atoms with Crippen LogP contribution in [0.2, 0.25) is 5.02 Å². The number of carbonyl (C=O) groups excluding carboxylic acids is 3. The molecule has 56 heavy (non-hydrogen) atoms. The van der Waals surface area contributed by atoms with Gasteiger partial charge in [-0.3, -0.25) is 14.4 Å². The monoisotopic (exact) mass is 795 g/mol. The summed E-state index contributed by atoms with van der Waals surface area (Å²) in [5.74, 6) is -5.03. The summed E-state index contributed by atoms with van der Waals surface area (Å²) in [4.78, 5) is 67.6. The van der Waals surface area contributed by atoms with Gasteiger partial charge < -0.3 is 40.7 Å². The Morgan fingerprint density at radius 1 is 0.875 bits per heavy atom. The van der Waals surface area contributed by atoms with Gasteiger partial charge in [-0.25, -0.2) is 9.79 Å². The number of amides is 3. The third-order valence-corrected chi connectivity index (χ3v) is 8.73. The Morgan fingerprint density at radius 3 is 2.14 bits per heavy atom. The molecule has 3 aromatic carbocycles. The van der Waals surface area contributed by atoms with Crippen LogP contribution in [0.15, 0.2) is 77.8 Å². The number of nitrogens with zero attached hydrogens (tertiary/aromatic N) is 5. The van der Waals surface area contributed by atoms with Crippen molar-refractivity contribution in [3.05, 3.63) is 88.9 Å². The number of carboxylic acids is 1. The first kappa shape index (κ1) is 39.4. The second-order valence-corrected chi connectivity index (χ2v) is 13.0. The molecule has 2 aliphatic rings. The van der Waals surface area contributed by atoms with E-state index in [9.17, 15) is 37.5 Å². The predicted molar refractivity (Wildman–Crippen MR) is 198 cm³/mol. The normalized spacial score (nSPS) is 15.0. The average molecular weight is 796 g/mol. The van der Waals surface area contributed by atoms with Crippen molar-refractivity contribution in [2.45, 2.75) is 24.6 Å². The number of hydrogen-bond donors (Lipinski definition) is 5. The third kappa shape index (κ3) is 10.7. The van der Waals surface area contributed by atoms with Crippen LogP contribution in [-0.4, -0.2) is 95.1 Å². The lowest BCUT2D eigenvalue weighted by molar-refractivity contribution is -0.154. The molecule has 2 heterocycles. The van der Waals surface area contributed by atoms with Crippen LogP contribution in [0.4, 0.5) is 42.1 Å². The van der Waals surface area contributed by atoms with Gasteiger partial charge in [-0.2, -0.15) is 28.1 Å². The summed E-state index contributed by atoms with van der Waals surface area (Å²) in [6.07, 6.45) is -3.27. The van der Waals surface area contributed by atoms with Crippen molar-refractivity contribution in [1.29, 1.82) is 0 Å². The van der Waals surface area contributed by atoms with E-state index in [-0.39, 0.29) is 23.1 Å². The summed E-state index contributed by atoms with van der Waals surface area (Å²) in [6, 6.07) is 18.7. The summed E-state index contributed by atoms with van der Waals surface area (Å²) in [6.45, 7) is 0.259. The van der Waals surface area contributed by atoms with Crippen LogP contribution < -0.4 is 30.9 Å². The highest BCUT2D eigenvalue weighted by molar-refractivity contribution is 6.42. The first-order valence-corrected chi connectivity index (χ1v) is 17.4. The van der Waals surface area contributed by atoms with Crippen LogP contribution in [0.1, 0.15) is 28.8 Å². The fraction of sp³-hybridized carbons (Fsp3) is 0.278. The molecule has 292 valence electrons. The SMILES string of the molecule is O=C(NC/C(=N/C(=O)c1ccc(Nc2nc(NC3(c4ccc(Cl)cc4)CC3)nc(OCC(F)(F)F)n2)cc1)C(=O)O)C(=O)Nc1ccc(N2CCOCC2)cc1. The number of halogens is 4. The van der Waals surface area contributed by atoms with Gasteiger partial charge in [0.25, 0.3) is 5.91 Å². The maximum Gasteiger partial charge on any atom is 0.422 e. The second kappa shape index (κ2) is 17.0. The van der Waals surface area contributed by atoms with E-state index in [1.807, 2.05) is 12.1 Å². The minimum absolute atomic E-state index is 0.0512. The van der Waals surface area contributed by atoms with E-state index in [4.69, 9.17) is 21.1 Å². The lowest BCUT2D eigenvalue weighted by Gasteiger charge is -2.28. The van der Waals surface area contributed by atoms with Gasteiger partial charge in [-0.05, 0) is 79.1 Å². The van der Waals surface area contributed by atoms with Crippen molar-refractivity contribution in [2.75, 3.05) is 60.3 Å². The fourth-order valence-electron chi connectivity index (χ4n) is 5.46. The Hall–Kier alpha value is -6.34. The van der Waals surface area contributed by atoms with Crippen LogP contribution in [0, 0.1) is 0 Å². The third-order valence-electron chi connectivity index (χ3n) is 8.47. The summed E-state index contributed by atoms with van der Waals surface area (Å²) in [7, 11) is 0. The van der Waals surface area contributed by atoms with E-state index in [0.717, 1.165) is 24.3 Å². The molecule has 16 nitrogen and oxygen atoms in total. The Balaban J connectivity index is 1.07. The number of alkyl halides is 3. The summed E-state index contributed by atoms with van der Waals surface area (Å²) in [5.41, 5.74) is 1.05. The average Bonchev–Trinajstić information content (AvgIpc) is 3.96. The number of aromatic nitrogens is 3. The zero-order valence-electron chi connectivity index (χ0n) is 29.2. The lowest BCUT2D eigenvalue weighted by Crippen LogP contribution is -2.40. The number of aliphatic imine (C=N–C) groups is 1. The van der Waals surface area contributed by atoms with Gasteiger partial charge in [0.15, 0.2) is 6.61 Å². The van der Waals surface area contributed by atoms with Crippen molar-refractivity contribution in [1.82, 2.24) is 20.3 Å².